The third kappa shape index (κ3) is 5.76. The number of nitrogens with zero attached hydrogens (tertiary/aromatic N) is 7. The van der Waals surface area contributed by atoms with Crippen molar-refractivity contribution >= 4 is 28.4 Å². The lowest BCUT2D eigenvalue weighted by molar-refractivity contribution is 0.116. The zero-order chi connectivity index (χ0) is 24.2. The van der Waals surface area contributed by atoms with Gasteiger partial charge in [-0.3, -0.25) is 9.78 Å². The van der Waals surface area contributed by atoms with E-state index in [1.165, 1.54) is 11.3 Å². The van der Waals surface area contributed by atoms with Gasteiger partial charge in [-0.15, -0.1) is 0 Å². The zero-order valence-corrected chi connectivity index (χ0v) is 20.1. The molecule has 3 N–H and O–H groups in total. The van der Waals surface area contributed by atoms with E-state index < -0.39 is 6.10 Å². The number of H-pyrrole nitrogens is 1. The number of morpholine rings is 1. The fourth-order valence-corrected chi connectivity index (χ4v) is 4.32. The molecule has 11 nitrogen and oxygen atoms in total. The minimum absolute atomic E-state index is 0.408. The van der Waals surface area contributed by atoms with Gasteiger partial charge >= 0.3 is 0 Å². The number of anilines is 3. The van der Waals surface area contributed by atoms with Crippen molar-refractivity contribution in [1.29, 1.82) is 0 Å². The second kappa shape index (κ2) is 10.4. The first-order chi connectivity index (χ1) is 17.0. The summed E-state index contributed by atoms with van der Waals surface area (Å²) in [5, 5.41) is 25.8. The zero-order valence-electron chi connectivity index (χ0n) is 20.1. The van der Waals surface area contributed by atoms with Crippen LogP contribution in [0, 0.1) is 0 Å². The Bertz CT molecular complexity index is 1260. The van der Waals surface area contributed by atoms with Crippen molar-refractivity contribution < 1.29 is 9.84 Å². The predicted molar refractivity (Wildman–Crippen MR) is 134 cm³/mol. The van der Waals surface area contributed by atoms with Crippen molar-refractivity contribution in [2.24, 2.45) is 0 Å². The lowest BCUT2D eigenvalue weighted by Crippen LogP contribution is -2.36. The molecule has 184 valence electrons. The van der Waals surface area contributed by atoms with Crippen LogP contribution in [0.5, 0.6) is 0 Å². The number of likely N-dealkylation sites (N-methyl/N-ethyl adjacent to an activating group) is 1. The molecule has 1 aliphatic rings. The standard InChI is InChI=1S/C24H31N9O2/c1-31(2)15-20(34)16-33-14-18(12-26-33)27-24-28-22(21-13-25-30-23(21)29-24)11-17-4-3-5-19(10-17)32-6-8-35-9-7-32/h3-5,10,12-14,20,34H,6-9,11,15-16H2,1-2H3,(H2,25,27,28,29,30). The van der Waals surface area contributed by atoms with Gasteiger partial charge in [-0.2, -0.15) is 15.2 Å². The number of benzene rings is 1. The van der Waals surface area contributed by atoms with Crippen LogP contribution in [0.3, 0.4) is 0 Å². The van der Waals surface area contributed by atoms with Crippen molar-refractivity contribution in [3.05, 3.63) is 54.1 Å². The van der Waals surface area contributed by atoms with E-state index >= 15 is 0 Å². The van der Waals surface area contributed by atoms with Crippen LogP contribution in [0.4, 0.5) is 17.3 Å². The first kappa shape index (κ1) is 23.2. The fourth-order valence-electron chi connectivity index (χ4n) is 4.32. The summed E-state index contributed by atoms with van der Waals surface area (Å²) in [6.45, 7) is 4.29. The fraction of sp³-hybridized carbons (Fsp3) is 0.417. The van der Waals surface area contributed by atoms with Crippen molar-refractivity contribution in [1.82, 2.24) is 34.8 Å². The van der Waals surface area contributed by atoms with E-state index in [9.17, 15) is 5.11 Å². The van der Waals surface area contributed by atoms with E-state index in [4.69, 9.17) is 9.72 Å². The molecule has 11 heteroatoms. The van der Waals surface area contributed by atoms with Crippen molar-refractivity contribution in [2.75, 3.05) is 57.2 Å². The van der Waals surface area contributed by atoms with Gasteiger partial charge in [-0.05, 0) is 31.8 Å². The maximum Gasteiger partial charge on any atom is 0.229 e. The lowest BCUT2D eigenvalue weighted by Gasteiger charge is -2.29. The molecule has 0 radical (unpaired) electrons. The summed E-state index contributed by atoms with van der Waals surface area (Å²) >= 11 is 0. The minimum atomic E-state index is -0.504. The third-order valence-electron chi connectivity index (χ3n) is 5.91. The molecule has 0 bridgehead atoms. The number of fused-ring (bicyclic) bond motifs is 1. The molecule has 0 amide bonds. The topological polar surface area (TPSA) is 120 Å². The highest BCUT2D eigenvalue weighted by Crippen LogP contribution is 2.23. The third-order valence-corrected chi connectivity index (χ3v) is 5.91. The summed E-state index contributed by atoms with van der Waals surface area (Å²) < 4.78 is 7.20. The molecule has 1 saturated heterocycles. The van der Waals surface area contributed by atoms with Gasteiger partial charge in [0.25, 0.3) is 0 Å². The molecule has 4 aromatic rings. The molecule has 1 fully saturated rings. The van der Waals surface area contributed by atoms with Gasteiger partial charge < -0.3 is 25.0 Å². The molecule has 3 aromatic heterocycles. The Morgan fingerprint density at radius 1 is 1.20 bits per heavy atom. The van der Waals surface area contributed by atoms with Crippen molar-refractivity contribution in [3.8, 4) is 0 Å². The van der Waals surface area contributed by atoms with E-state index in [0.29, 0.717) is 31.1 Å². The SMILES string of the molecule is CN(C)CC(O)Cn1cc(Nc2nc(Cc3cccc(N4CCOCC4)c3)c3cn[nH]c3n2)cn1. The molecular weight excluding hydrogens is 446 g/mol. The van der Waals surface area contributed by atoms with Crippen LogP contribution in [-0.2, 0) is 17.7 Å². The van der Waals surface area contributed by atoms with E-state index in [0.717, 1.165) is 43.1 Å². The monoisotopic (exact) mass is 477 g/mol. The first-order valence-electron chi connectivity index (χ1n) is 11.8. The summed E-state index contributed by atoms with van der Waals surface area (Å²) in [6.07, 6.45) is 5.46. The summed E-state index contributed by atoms with van der Waals surface area (Å²) in [7, 11) is 3.86. The van der Waals surface area contributed by atoms with Gasteiger partial charge in [0.2, 0.25) is 5.95 Å². The molecule has 0 aliphatic carbocycles. The van der Waals surface area contributed by atoms with Gasteiger partial charge in [0, 0.05) is 37.9 Å². The Hall–Kier alpha value is -3.54. The summed E-state index contributed by atoms with van der Waals surface area (Å²) in [6, 6.07) is 8.57. The highest BCUT2D eigenvalue weighted by atomic mass is 16.5. The Morgan fingerprint density at radius 3 is 2.89 bits per heavy atom. The summed E-state index contributed by atoms with van der Waals surface area (Å²) in [5.41, 5.74) is 4.69. The number of hydrogen-bond donors (Lipinski definition) is 3. The smallest absolute Gasteiger partial charge is 0.229 e. The average Bonchev–Trinajstić information content (AvgIpc) is 3.49. The quantitative estimate of drug-likeness (QED) is 0.330. The lowest BCUT2D eigenvalue weighted by atomic mass is 10.1. The second-order valence-corrected chi connectivity index (χ2v) is 9.06. The first-order valence-corrected chi connectivity index (χ1v) is 11.8. The normalized spacial score (nSPS) is 15.1. The van der Waals surface area contributed by atoms with Crippen LogP contribution >= 0.6 is 0 Å². The van der Waals surface area contributed by atoms with Crippen LogP contribution in [0.15, 0.2) is 42.9 Å². The number of rotatable bonds is 9. The maximum atomic E-state index is 10.2. The number of aliphatic hydroxyl groups excluding tert-OH is 1. The van der Waals surface area contributed by atoms with Crippen LogP contribution in [0.1, 0.15) is 11.3 Å². The van der Waals surface area contributed by atoms with Crippen LogP contribution in [0.2, 0.25) is 0 Å². The molecule has 4 heterocycles. The van der Waals surface area contributed by atoms with Gasteiger partial charge in [-0.25, -0.2) is 4.98 Å². The van der Waals surface area contributed by atoms with Gasteiger partial charge in [0.15, 0.2) is 5.65 Å². The summed E-state index contributed by atoms with van der Waals surface area (Å²) in [5.74, 6) is 0.467. The highest BCUT2D eigenvalue weighted by molar-refractivity contribution is 5.78. The number of nitrogens with one attached hydrogen (secondary N) is 2. The molecule has 5 rings (SSSR count). The van der Waals surface area contributed by atoms with Crippen LogP contribution in [-0.4, -0.2) is 93.0 Å². The Kier molecular flexibility index (Phi) is 6.89. The molecule has 1 unspecified atom stereocenters. The Morgan fingerprint density at radius 2 is 2.06 bits per heavy atom. The summed E-state index contributed by atoms with van der Waals surface area (Å²) in [4.78, 5) is 13.7. The number of hydrogen-bond acceptors (Lipinski definition) is 9. The maximum absolute atomic E-state index is 10.2. The Balaban J connectivity index is 1.33. The predicted octanol–water partition coefficient (Wildman–Crippen LogP) is 1.64. The average molecular weight is 478 g/mol. The number of aromatic amines is 1. The molecule has 1 aromatic carbocycles. The highest BCUT2D eigenvalue weighted by Gasteiger charge is 2.15. The molecule has 35 heavy (non-hydrogen) atoms. The molecule has 1 aliphatic heterocycles. The van der Waals surface area contributed by atoms with Gasteiger partial charge in [-0.1, -0.05) is 12.1 Å². The number of aliphatic hydroxyl groups is 1. The number of ether oxygens (including phenoxy) is 1. The van der Waals surface area contributed by atoms with E-state index in [-0.39, 0.29) is 0 Å². The van der Waals surface area contributed by atoms with E-state index in [1.54, 1.807) is 17.1 Å². The van der Waals surface area contributed by atoms with Crippen molar-refractivity contribution in [3.63, 3.8) is 0 Å². The van der Waals surface area contributed by atoms with Crippen LogP contribution in [0.25, 0.3) is 11.0 Å². The molecule has 0 saturated carbocycles. The Labute approximate surface area is 203 Å². The van der Waals surface area contributed by atoms with Gasteiger partial charge in [0.05, 0.1) is 55.0 Å². The van der Waals surface area contributed by atoms with Crippen molar-refractivity contribution in [2.45, 2.75) is 19.1 Å². The van der Waals surface area contributed by atoms with Gasteiger partial charge in [0.1, 0.15) is 0 Å². The number of aromatic nitrogens is 6. The molecule has 0 spiro atoms. The minimum Gasteiger partial charge on any atom is -0.390 e. The van der Waals surface area contributed by atoms with Crippen LogP contribution < -0.4 is 10.2 Å². The molecular formula is C24H31N9O2. The van der Waals surface area contributed by atoms with E-state index in [1.807, 2.05) is 25.2 Å². The van der Waals surface area contributed by atoms with E-state index in [2.05, 4.69) is 54.8 Å². The largest absolute Gasteiger partial charge is 0.390 e. The second-order valence-electron chi connectivity index (χ2n) is 9.06. The molecule has 1 atom stereocenters.